The van der Waals surface area contributed by atoms with E-state index in [1.165, 1.54) is 13.3 Å². The van der Waals surface area contributed by atoms with Crippen LogP contribution in [0.3, 0.4) is 0 Å². The summed E-state index contributed by atoms with van der Waals surface area (Å²) in [7, 11) is 1.29. The highest BCUT2D eigenvalue weighted by Crippen LogP contribution is 2.18. The molecule has 6 nitrogen and oxygen atoms in total. The number of esters is 1. The lowest BCUT2D eigenvalue weighted by Crippen LogP contribution is -2.12. The third-order valence-electron chi connectivity index (χ3n) is 2.82. The first kappa shape index (κ1) is 13.8. The van der Waals surface area contributed by atoms with Crippen molar-refractivity contribution in [2.75, 3.05) is 18.2 Å². The van der Waals surface area contributed by atoms with Gasteiger partial charge in [0, 0.05) is 17.9 Å². The largest absolute Gasteiger partial charge is 0.463 e. The number of nitrogen functional groups attached to an aromatic ring is 1. The zero-order valence-electron chi connectivity index (χ0n) is 11.3. The van der Waals surface area contributed by atoms with E-state index in [2.05, 4.69) is 20.0 Å². The molecule has 0 aliphatic rings. The summed E-state index contributed by atoms with van der Waals surface area (Å²) in [5.41, 5.74) is 7.44. The molecular formula is C14H16N4O2. The third kappa shape index (κ3) is 3.23. The predicted octanol–water partition coefficient (Wildman–Crippen LogP) is 2.02. The van der Waals surface area contributed by atoms with Gasteiger partial charge in [-0.25, -0.2) is 14.8 Å². The Kier molecular flexibility index (Phi) is 4.14. The molecule has 0 bridgehead atoms. The van der Waals surface area contributed by atoms with Gasteiger partial charge in [-0.1, -0.05) is 12.1 Å². The average Bonchev–Trinajstić information content (AvgIpc) is 2.47. The van der Waals surface area contributed by atoms with Gasteiger partial charge in [-0.05, 0) is 30.7 Å². The molecule has 0 amide bonds. The second-order valence-corrected chi connectivity index (χ2v) is 4.29. The number of hydrogen-bond acceptors (Lipinski definition) is 6. The van der Waals surface area contributed by atoms with Crippen molar-refractivity contribution < 1.29 is 9.53 Å². The molecule has 0 aliphatic heterocycles. The van der Waals surface area contributed by atoms with E-state index in [-0.39, 0.29) is 11.9 Å². The topological polar surface area (TPSA) is 90.1 Å². The van der Waals surface area contributed by atoms with Crippen LogP contribution in [0.5, 0.6) is 0 Å². The molecule has 0 spiro atoms. The Morgan fingerprint density at radius 3 is 2.65 bits per heavy atom. The fourth-order valence-corrected chi connectivity index (χ4v) is 1.72. The maximum absolute atomic E-state index is 11.4. The Morgan fingerprint density at radius 1 is 1.30 bits per heavy atom. The summed E-state index contributed by atoms with van der Waals surface area (Å²) in [6.07, 6.45) is 1.51. The van der Waals surface area contributed by atoms with Crippen LogP contribution in [0.15, 0.2) is 36.5 Å². The first-order valence-electron chi connectivity index (χ1n) is 6.13. The van der Waals surface area contributed by atoms with Gasteiger partial charge in [-0.15, -0.1) is 0 Å². The molecule has 0 radical (unpaired) electrons. The molecule has 104 valence electrons. The molecule has 1 aromatic heterocycles. The standard InChI is InChI=1S/C14H16N4O2/c1-9(10-3-5-11(15)6-4-10)17-12-7-8-16-13(18-12)14(19)20-2/h3-9H,15H2,1-2H3,(H,16,17,18). The van der Waals surface area contributed by atoms with E-state index in [0.29, 0.717) is 5.82 Å². The fraction of sp³-hybridized carbons (Fsp3) is 0.214. The minimum atomic E-state index is -0.561. The molecule has 3 N–H and O–H groups in total. The maximum atomic E-state index is 11.4. The predicted molar refractivity (Wildman–Crippen MR) is 76.3 cm³/mol. The van der Waals surface area contributed by atoms with Gasteiger partial charge in [0.25, 0.3) is 0 Å². The van der Waals surface area contributed by atoms with E-state index < -0.39 is 5.97 Å². The first-order chi connectivity index (χ1) is 9.60. The fourth-order valence-electron chi connectivity index (χ4n) is 1.72. The maximum Gasteiger partial charge on any atom is 0.376 e. The molecule has 0 saturated heterocycles. The van der Waals surface area contributed by atoms with Crippen LogP contribution in [-0.4, -0.2) is 23.0 Å². The molecule has 2 rings (SSSR count). The van der Waals surface area contributed by atoms with Crippen LogP contribution in [0, 0.1) is 0 Å². The molecule has 1 heterocycles. The van der Waals surface area contributed by atoms with Crippen LogP contribution in [-0.2, 0) is 4.74 Å². The Morgan fingerprint density at radius 2 is 2.00 bits per heavy atom. The number of nitrogens with zero attached hydrogens (tertiary/aromatic N) is 2. The highest BCUT2D eigenvalue weighted by molar-refractivity contribution is 5.85. The zero-order valence-corrected chi connectivity index (χ0v) is 11.3. The number of carbonyl (C=O) groups is 1. The van der Waals surface area contributed by atoms with Crippen LogP contribution >= 0.6 is 0 Å². The van der Waals surface area contributed by atoms with Crippen molar-refractivity contribution in [1.29, 1.82) is 0 Å². The quantitative estimate of drug-likeness (QED) is 0.653. The van der Waals surface area contributed by atoms with Crippen molar-refractivity contribution in [3.05, 3.63) is 47.9 Å². The van der Waals surface area contributed by atoms with Crippen LogP contribution < -0.4 is 11.1 Å². The van der Waals surface area contributed by atoms with Crippen molar-refractivity contribution >= 4 is 17.5 Å². The average molecular weight is 272 g/mol. The Bertz CT molecular complexity index is 598. The minimum absolute atomic E-state index is 0.0241. The van der Waals surface area contributed by atoms with E-state index >= 15 is 0 Å². The molecule has 1 unspecified atom stereocenters. The van der Waals surface area contributed by atoms with E-state index in [4.69, 9.17) is 5.73 Å². The third-order valence-corrected chi connectivity index (χ3v) is 2.82. The molecule has 20 heavy (non-hydrogen) atoms. The number of nitrogens with two attached hydrogens (primary N) is 1. The van der Waals surface area contributed by atoms with E-state index in [9.17, 15) is 4.79 Å². The Balaban J connectivity index is 2.13. The number of nitrogens with one attached hydrogen (secondary N) is 1. The number of aromatic nitrogens is 2. The van der Waals surface area contributed by atoms with Gasteiger partial charge >= 0.3 is 5.97 Å². The van der Waals surface area contributed by atoms with Crippen molar-refractivity contribution in [2.45, 2.75) is 13.0 Å². The lowest BCUT2D eigenvalue weighted by atomic mass is 10.1. The molecule has 0 aliphatic carbocycles. The second kappa shape index (κ2) is 6.01. The lowest BCUT2D eigenvalue weighted by molar-refractivity contribution is 0.0587. The molecule has 6 heteroatoms. The van der Waals surface area contributed by atoms with Gasteiger partial charge in [0.2, 0.25) is 5.82 Å². The summed E-state index contributed by atoms with van der Waals surface area (Å²) in [5, 5.41) is 3.20. The van der Waals surface area contributed by atoms with Gasteiger partial charge in [-0.3, -0.25) is 0 Å². The van der Waals surface area contributed by atoms with E-state index in [0.717, 1.165) is 11.3 Å². The van der Waals surface area contributed by atoms with Crippen LogP contribution in [0.25, 0.3) is 0 Å². The van der Waals surface area contributed by atoms with Crippen molar-refractivity contribution in [3.63, 3.8) is 0 Å². The second-order valence-electron chi connectivity index (χ2n) is 4.29. The highest BCUT2D eigenvalue weighted by atomic mass is 16.5. The van der Waals surface area contributed by atoms with E-state index in [1.54, 1.807) is 6.07 Å². The number of hydrogen-bond donors (Lipinski definition) is 2. The van der Waals surface area contributed by atoms with Gasteiger partial charge in [0.1, 0.15) is 5.82 Å². The molecule has 2 aromatic rings. The van der Waals surface area contributed by atoms with Crippen molar-refractivity contribution in [3.8, 4) is 0 Å². The number of anilines is 2. The number of methoxy groups -OCH3 is 1. The molecule has 1 aromatic carbocycles. The summed E-state index contributed by atoms with van der Waals surface area (Å²) in [4.78, 5) is 19.3. The van der Waals surface area contributed by atoms with Crippen LogP contribution in [0.1, 0.15) is 29.1 Å². The van der Waals surface area contributed by atoms with Crippen molar-refractivity contribution in [1.82, 2.24) is 9.97 Å². The monoisotopic (exact) mass is 272 g/mol. The summed E-state index contributed by atoms with van der Waals surface area (Å²) < 4.78 is 4.59. The van der Waals surface area contributed by atoms with E-state index in [1.807, 2.05) is 31.2 Å². The van der Waals surface area contributed by atoms with Gasteiger partial charge < -0.3 is 15.8 Å². The Hall–Kier alpha value is -2.63. The number of benzene rings is 1. The number of ether oxygens (including phenoxy) is 1. The zero-order chi connectivity index (χ0) is 14.5. The van der Waals surface area contributed by atoms with Crippen LogP contribution in [0.2, 0.25) is 0 Å². The summed E-state index contributed by atoms with van der Waals surface area (Å²) in [5.74, 6) is 0.0283. The van der Waals surface area contributed by atoms with Gasteiger partial charge in [-0.2, -0.15) is 0 Å². The van der Waals surface area contributed by atoms with Gasteiger partial charge in [0.15, 0.2) is 0 Å². The number of carbonyl (C=O) groups excluding carboxylic acids is 1. The number of rotatable bonds is 4. The molecule has 1 atom stereocenters. The van der Waals surface area contributed by atoms with Gasteiger partial charge in [0.05, 0.1) is 7.11 Å². The Labute approximate surface area is 117 Å². The first-order valence-corrected chi connectivity index (χ1v) is 6.13. The molecular weight excluding hydrogens is 256 g/mol. The van der Waals surface area contributed by atoms with Crippen molar-refractivity contribution in [2.24, 2.45) is 0 Å². The highest BCUT2D eigenvalue weighted by Gasteiger charge is 2.11. The molecule has 0 fully saturated rings. The normalized spacial score (nSPS) is 11.7. The smallest absolute Gasteiger partial charge is 0.376 e. The van der Waals surface area contributed by atoms with Crippen LogP contribution in [0.4, 0.5) is 11.5 Å². The minimum Gasteiger partial charge on any atom is -0.463 e. The summed E-state index contributed by atoms with van der Waals surface area (Å²) in [6, 6.07) is 9.28. The lowest BCUT2D eigenvalue weighted by Gasteiger charge is -2.15. The molecule has 0 saturated carbocycles. The summed E-state index contributed by atoms with van der Waals surface area (Å²) in [6.45, 7) is 1.99. The summed E-state index contributed by atoms with van der Waals surface area (Å²) >= 11 is 0. The SMILES string of the molecule is COC(=O)c1nccc(NC(C)c2ccc(N)cc2)n1.